The molecule has 0 radical (unpaired) electrons. The Morgan fingerprint density at radius 3 is 2.57 bits per heavy atom. The third kappa shape index (κ3) is 3.66. The Bertz CT molecular complexity index is 1050. The first kappa shape index (κ1) is 18.3. The number of aromatic amines is 1. The maximum atomic E-state index is 12.9. The summed E-state index contributed by atoms with van der Waals surface area (Å²) in [5.74, 6) is -0.0989. The molecule has 142 valence electrons. The number of carbonyl (C=O) groups is 3. The normalized spacial score (nSPS) is 13.9. The molecule has 28 heavy (non-hydrogen) atoms. The molecule has 1 fully saturated rings. The number of carbonyl (C=O) groups excluding carboxylic acids is 3. The molecule has 0 saturated carbocycles. The number of ketones is 1. The lowest BCUT2D eigenvalue weighted by Gasteiger charge is -2.13. The van der Waals surface area contributed by atoms with Crippen LogP contribution in [0.15, 0.2) is 54.6 Å². The van der Waals surface area contributed by atoms with Crippen molar-refractivity contribution in [2.45, 2.75) is 0 Å². The van der Waals surface area contributed by atoms with E-state index in [0.717, 1.165) is 16.5 Å². The van der Waals surface area contributed by atoms with Crippen LogP contribution in [-0.2, 0) is 14.3 Å². The lowest BCUT2D eigenvalue weighted by atomic mass is 10.0. The molecule has 0 unspecified atom stereocenters. The van der Waals surface area contributed by atoms with Gasteiger partial charge >= 0.3 is 5.97 Å². The number of benzene rings is 2. The number of hydrogen-bond donors (Lipinski definition) is 1. The van der Waals surface area contributed by atoms with Crippen molar-refractivity contribution in [2.75, 3.05) is 24.8 Å². The predicted molar refractivity (Wildman–Crippen MR) is 108 cm³/mol. The van der Waals surface area contributed by atoms with Crippen molar-refractivity contribution in [3.8, 4) is 11.3 Å². The van der Waals surface area contributed by atoms with E-state index in [4.69, 9.17) is 4.74 Å². The number of hydrogen-bond acceptors (Lipinski definition) is 5. The smallest absolute Gasteiger partial charge is 0.326 e. The van der Waals surface area contributed by atoms with Gasteiger partial charge in [-0.3, -0.25) is 14.4 Å². The zero-order valence-corrected chi connectivity index (χ0v) is 15.8. The number of aromatic nitrogens is 1. The third-order valence-corrected chi connectivity index (χ3v) is 5.50. The van der Waals surface area contributed by atoms with Crippen LogP contribution in [0.5, 0.6) is 0 Å². The summed E-state index contributed by atoms with van der Waals surface area (Å²) in [4.78, 5) is 41.3. The molecule has 0 spiro atoms. The van der Waals surface area contributed by atoms with Crippen LogP contribution in [0.4, 0.5) is 0 Å². The van der Waals surface area contributed by atoms with Crippen molar-refractivity contribution in [3.05, 3.63) is 60.2 Å². The molecule has 1 aromatic heterocycles. The zero-order chi connectivity index (χ0) is 19.5. The molecule has 7 heteroatoms. The maximum absolute atomic E-state index is 12.9. The van der Waals surface area contributed by atoms with Gasteiger partial charge in [-0.2, -0.15) is 0 Å². The summed E-state index contributed by atoms with van der Waals surface area (Å²) in [6, 6.07) is 17.1. The zero-order valence-electron chi connectivity index (χ0n) is 15.0. The highest BCUT2D eigenvalue weighted by Crippen LogP contribution is 2.30. The van der Waals surface area contributed by atoms with Gasteiger partial charge in [-0.25, -0.2) is 0 Å². The number of fused-ring (bicyclic) bond motifs is 1. The highest BCUT2D eigenvalue weighted by molar-refractivity contribution is 8.00. The number of esters is 1. The first-order chi connectivity index (χ1) is 13.6. The number of Topliss-reactive ketones (excluding diaryl/α,β-unsaturated/α-hetero) is 1. The Balaban J connectivity index is 1.55. The molecular formula is C21H18N2O4S. The quantitative estimate of drug-likeness (QED) is 0.513. The average molecular weight is 394 g/mol. The summed E-state index contributed by atoms with van der Waals surface area (Å²) in [5.41, 5.74) is 2.93. The minimum absolute atomic E-state index is 0.0868. The fourth-order valence-corrected chi connectivity index (χ4v) is 4.12. The van der Waals surface area contributed by atoms with Crippen LogP contribution in [0.2, 0.25) is 0 Å². The van der Waals surface area contributed by atoms with Crippen molar-refractivity contribution in [3.63, 3.8) is 0 Å². The fourth-order valence-electron chi connectivity index (χ4n) is 3.21. The van der Waals surface area contributed by atoms with Gasteiger partial charge in [0.15, 0.2) is 6.61 Å². The number of amides is 1. The molecule has 3 aromatic rings. The Labute approximate surface area is 165 Å². The number of ether oxygens (including phenoxy) is 1. The molecule has 1 amide bonds. The fraction of sp³-hybridized carbons (Fsp3) is 0.190. The van der Waals surface area contributed by atoms with Gasteiger partial charge in [0.25, 0.3) is 0 Å². The van der Waals surface area contributed by atoms with E-state index in [1.165, 1.54) is 16.7 Å². The Morgan fingerprint density at radius 1 is 1.07 bits per heavy atom. The van der Waals surface area contributed by atoms with Crippen molar-refractivity contribution in [1.82, 2.24) is 9.88 Å². The molecule has 2 aromatic carbocycles. The second-order valence-corrected chi connectivity index (χ2v) is 7.39. The molecule has 1 aliphatic heterocycles. The number of H-pyrrole nitrogens is 1. The largest absolute Gasteiger partial charge is 0.456 e. The highest BCUT2D eigenvalue weighted by atomic mass is 32.2. The number of nitrogens with zero attached hydrogens (tertiary/aromatic N) is 1. The minimum atomic E-state index is -0.578. The van der Waals surface area contributed by atoms with Crippen LogP contribution in [0, 0.1) is 0 Å². The SMILES string of the molecule is O=C(CN1CSCC1=O)OCC(=O)c1c(-c2ccccc2)[nH]c2ccccc12. The molecular weight excluding hydrogens is 376 g/mol. The van der Waals surface area contributed by atoms with Crippen molar-refractivity contribution < 1.29 is 19.1 Å². The summed E-state index contributed by atoms with van der Waals surface area (Å²) < 4.78 is 5.17. The summed E-state index contributed by atoms with van der Waals surface area (Å²) in [7, 11) is 0. The van der Waals surface area contributed by atoms with Gasteiger partial charge in [0.1, 0.15) is 6.54 Å². The summed E-state index contributed by atoms with van der Waals surface area (Å²) in [6.45, 7) is -0.492. The maximum Gasteiger partial charge on any atom is 0.326 e. The van der Waals surface area contributed by atoms with E-state index < -0.39 is 5.97 Å². The van der Waals surface area contributed by atoms with Crippen LogP contribution >= 0.6 is 11.8 Å². The van der Waals surface area contributed by atoms with Crippen LogP contribution in [0.25, 0.3) is 22.2 Å². The van der Waals surface area contributed by atoms with E-state index in [1.54, 1.807) is 0 Å². The van der Waals surface area contributed by atoms with Gasteiger partial charge in [-0.15, -0.1) is 11.8 Å². The molecule has 0 atom stereocenters. The second kappa shape index (κ2) is 7.90. The van der Waals surface area contributed by atoms with E-state index in [2.05, 4.69) is 4.98 Å². The number of thioether (sulfide) groups is 1. The molecule has 1 N–H and O–H groups in total. The van der Waals surface area contributed by atoms with E-state index in [-0.39, 0.29) is 24.8 Å². The number of para-hydroxylation sites is 1. The van der Waals surface area contributed by atoms with E-state index >= 15 is 0 Å². The Morgan fingerprint density at radius 2 is 1.82 bits per heavy atom. The molecule has 0 aliphatic carbocycles. The van der Waals surface area contributed by atoms with Crippen LogP contribution in [0.3, 0.4) is 0 Å². The monoisotopic (exact) mass is 394 g/mol. The molecule has 1 saturated heterocycles. The standard InChI is InChI=1S/C21H18N2O4S/c24-17(11-27-19(26)10-23-13-28-12-18(23)25)20-15-8-4-5-9-16(15)22-21(20)14-6-2-1-3-7-14/h1-9,22H,10-13H2. The summed E-state index contributed by atoms with van der Waals surface area (Å²) in [5, 5.41) is 0.786. The first-order valence-electron chi connectivity index (χ1n) is 8.84. The van der Waals surface area contributed by atoms with Gasteiger partial charge in [0.2, 0.25) is 11.7 Å². The van der Waals surface area contributed by atoms with Crippen molar-refractivity contribution in [2.24, 2.45) is 0 Å². The van der Waals surface area contributed by atoms with Gasteiger partial charge < -0.3 is 14.6 Å². The van der Waals surface area contributed by atoms with E-state index in [9.17, 15) is 14.4 Å². The Hall–Kier alpha value is -3.06. The minimum Gasteiger partial charge on any atom is -0.456 e. The van der Waals surface area contributed by atoms with Gasteiger partial charge in [-0.1, -0.05) is 48.5 Å². The molecule has 4 rings (SSSR count). The molecule has 6 nitrogen and oxygen atoms in total. The van der Waals surface area contributed by atoms with Gasteiger partial charge in [-0.05, 0) is 11.6 Å². The first-order valence-corrected chi connectivity index (χ1v) is 9.99. The molecule has 1 aliphatic rings. The lowest BCUT2D eigenvalue weighted by molar-refractivity contribution is -0.146. The average Bonchev–Trinajstić information content (AvgIpc) is 3.30. The third-order valence-electron chi connectivity index (χ3n) is 4.56. The van der Waals surface area contributed by atoms with Crippen LogP contribution in [-0.4, -0.2) is 52.3 Å². The van der Waals surface area contributed by atoms with E-state index in [0.29, 0.717) is 22.9 Å². The second-order valence-electron chi connectivity index (χ2n) is 6.44. The van der Waals surface area contributed by atoms with Crippen LogP contribution in [0.1, 0.15) is 10.4 Å². The van der Waals surface area contributed by atoms with Crippen LogP contribution < -0.4 is 0 Å². The highest BCUT2D eigenvalue weighted by Gasteiger charge is 2.25. The summed E-state index contributed by atoms with van der Waals surface area (Å²) in [6.07, 6.45) is 0. The van der Waals surface area contributed by atoms with Gasteiger partial charge in [0.05, 0.1) is 22.9 Å². The lowest BCUT2D eigenvalue weighted by Crippen LogP contribution is -2.33. The molecule has 2 heterocycles. The Kier molecular flexibility index (Phi) is 5.16. The predicted octanol–water partition coefficient (Wildman–Crippen LogP) is 3.09. The van der Waals surface area contributed by atoms with Gasteiger partial charge in [0, 0.05) is 10.9 Å². The summed E-state index contributed by atoms with van der Waals surface area (Å²) >= 11 is 1.45. The van der Waals surface area contributed by atoms with Crippen molar-refractivity contribution in [1.29, 1.82) is 0 Å². The number of nitrogens with one attached hydrogen (secondary N) is 1. The van der Waals surface area contributed by atoms with Crippen molar-refractivity contribution >= 4 is 40.3 Å². The van der Waals surface area contributed by atoms with E-state index in [1.807, 2.05) is 54.6 Å². The molecule has 0 bridgehead atoms. The number of rotatable bonds is 6. The topological polar surface area (TPSA) is 79.5 Å².